The third kappa shape index (κ3) is 9.54. The molecule has 3 aliphatic rings. The number of rotatable bonds is 3. The van der Waals surface area contributed by atoms with Crippen LogP contribution in [0.25, 0.3) is 66.1 Å². The molecular weight excluding hydrogens is 999 g/mol. The van der Waals surface area contributed by atoms with Crippen LogP contribution in [-0.2, 0) is 25.0 Å². The molecule has 3 aliphatic heterocycles. The van der Waals surface area contributed by atoms with Gasteiger partial charge in [0.25, 0.3) is 17.7 Å². The van der Waals surface area contributed by atoms with Gasteiger partial charge in [0.15, 0.2) is 17.5 Å². The summed E-state index contributed by atoms with van der Waals surface area (Å²) < 4.78 is 47.4. The highest BCUT2D eigenvalue weighted by Crippen LogP contribution is 2.39. The number of amides is 3. The fourth-order valence-electron chi connectivity index (χ4n) is 10.6. The van der Waals surface area contributed by atoms with Crippen molar-refractivity contribution in [3.05, 3.63) is 177 Å². The van der Waals surface area contributed by atoms with Gasteiger partial charge in [-0.25, -0.2) is 13.2 Å². The fraction of sp³-hybridized carbons (Fsp3) is 0.213. The van der Waals surface area contributed by atoms with Crippen LogP contribution in [0.2, 0.25) is 5.02 Å². The number of hydrogen-bond acceptors (Lipinski definition) is 6. The monoisotopic (exact) mass is 1050 g/mol. The van der Waals surface area contributed by atoms with Crippen molar-refractivity contribution >= 4 is 62.0 Å². The average molecular weight is 1050 g/mol. The van der Waals surface area contributed by atoms with E-state index in [4.69, 9.17) is 11.6 Å². The molecular formula is C61H49ClF3N9O3. The molecule has 77 heavy (non-hydrogen) atoms. The number of nitriles is 3. The maximum Gasteiger partial charge on any atom is 0.268 e. The highest BCUT2D eigenvalue weighted by molar-refractivity contribution is 6.31. The van der Waals surface area contributed by atoms with E-state index in [1.165, 1.54) is 11.6 Å². The molecule has 0 bridgehead atoms. The molecule has 0 atom stereocenters. The first-order valence-corrected chi connectivity index (χ1v) is 25.4. The van der Waals surface area contributed by atoms with E-state index in [0.29, 0.717) is 76.7 Å². The molecule has 0 fully saturated rings. The second-order valence-electron chi connectivity index (χ2n) is 20.2. The molecule has 0 unspecified atom stereocenters. The maximum absolute atomic E-state index is 14.4. The van der Waals surface area contributed by atoms with Crippen molar-refractivity contribution < 1.29 is 27.6 Å². The van der Waals surface area contributed by atoms with Crippen LogP contribution < -0.4 is 16.0 Å². The van der Waals surface area contributed by atoms with E-state index in [-0.39, 0.29) is 39.8 Å². The van der Waals surface area contributed by atoms with Crippen LogP contribution in [0.5, 0.6) is 0 Å². The normalized spacial score (nSPS) is 13.9. The number of nitrogens with zero attached hydrogens (tertiary/aromatic N) is 6. The van der Waals surface area contributed by atoms with Crippen LogP contribution in [0.4, 0.5) is 13.2 Å². The predicted octanol–water partition coefficient (Wildman–Crippen LogP) is 12.2. The quantitative estimate of drug-likeness (QED) is 0.149. The minimum Gasteiger partial charge on any atom is -0.351 e. The predicted molar refractivity (Wildman–Crippen MR) is 291 cm³/mol. The lowest BCUT2D eigenvalue weighted by molar-refractivity contribution is 0.0924. The molecule has 0 aliphatic carbocycles. The molecule has 3 amide bonds. The van der Waals surface area contributed by atoms with Crippen molar-refractivity contribution in [3.63, 3.8) is 0 Å². The first-order chi connectivity index (χ1) is 37.0. The van der Waals surface area contributed by atoms with Gasteiger partial charge < -0.3 is 29.7 Å². The smallest absolute Gasteiger partial charge is 0.268 e. The summed E-state index contributed by atoms with van der Waals surface area (Å²) in [6.07, 6.45) is 1.54. The number of carbonyl (C=O) groups is 3. The second kappa shape index (κ2) is 20.6. The van der Waals surface area contributed by atoms with Gasteiger partial charge in [-0.3, -0.25) is 14.4 Å². The molecule has 16 heteroatoms. The minimum absolute atomic E-state index is 0.0394. The van der Waals surface area contributed by atoms with E-state index in [0.717, 1.165) is 81.3 Å². The first kappa shape index (κ1) is 51.4. The second-order valence-corrected chi connectivity index (χ2v) is 20.6. The number of fused-ring (bicyclic) bond motifs is 9. The van der Waals surface area contributed by atoms with Gasteiger partial charge in [-0.1, -0.05) is 68.8 Å². The molecule has 0 spiro atoms. The van der Waals surface area contributed by atoms with E-state index < -0.39 is 17.5 Å². The molecule has 6 heterocycles. The lowest BCUT2D eigenvalue weighted by Gasteiger charge is -2.20. The van der Waals surface area contributed by atoms with Crippen molar-refractivity contribution in [2.75, 3.05) is 19.6 Å². The maximum atomic E-state index is 14.4. The lowest BCUT2D eigenvalue weighted by Crippen LogP contribution is -2.35. The van der Waals surface area contributed by atoms with Crippen molar-refractivity contribution in [3.8, 4) is 51.6 Å². The zero-order chi connectivity index (χ0) is 54.4. The zero-order valence-corrected chi connectivity index (χ0v) is 43.2. The van der Waals surface area contributed by atoms with E-state index >= 15 is 0 Å². The van der Waals surface area contributed by atoms with Gasteiger partial charge in [-0.15, -0.1) is 0 Å². The Hall–Kier alpha value is -9.10. The Kier molecular flexibility index (Phi) is 13.7. The molecule has 12 rings (SSSR count). The van der Waals surface area contributed by atoms with Gasteiger partial charge in [0, 0.05) is 82.7 Å². The van der Waals surface area contributed by atoms with Gasteiger partial charge in [0.05, 0.1) is 51.4 Å². The first-order valence-electron chi connectivity index (χ1n) is 25.1. The minimum atomic E-state index is -1.57. The summed E-state index contributed by atoms with van der Waals surface area (Å²) in [6, 6.07) is 38.6. The number of aryl methyl sites for hydroxylation is 3. The van der Waals surface area contributed by atoms with Crippen LogP contribution in [0.3, 0.4) is 0 Å². The number of halogens is 4. The largest absolute Gasteiger partial charge is 0.351 e. The molecule has 9 aromatic rings. The van der Waals surface area contributed by atoms with Crippen LogP contribution in [0.1, 0.15) is 92.9 Å². The number of carbonyl (C=O) groups excluding carboxylic acids is 3. The Morgan fingerprint density at radius 1 is 0.545 bits per heavy atom. The molecule has 6 aromatic carbocycles. The van der Waals surface area contributed by atoms with Gasteiger partial charge in [-0.05, 0) is 120 Å². The molecule has 12 nitrogen and oxygen atoms in total. The summed E-state index contributed by atoms with van der Waals surface area (Å²) in [6.45, 7) is 12.4. The van der Waals surface area contributed by atoms with Gasteiger partial charge in [0.1, 0.15) is 17.1 Å². The molecule has 3 aromatic heterocycles. The standard InChI is InChI=1S/C23H23N3O.C19H14ClN3O.C19H12F3N3O/c1-14-18-11-15(13-24)12-19(16-5-7-17(8-6-16)23(2,3)4)21(18)26-10-9-25-22(27)20(14)26;20-15-4-1-3-13(9-15)16-8-12(11-21)7-14-10-17-19(24)22-5-2-6-23(17)18(14)16;20-14-3-2-12(16(21)17(14)22)13-7-10(9-23)6-11-8-15-19(26)24-4-1-5-25(15)18(11)13/h5-8,11-12H,9-10H2,1-4H3,(H,25,27);1,3-4,7-10H,2,5-6H2,(H,22,24);2-3,6-8H,1,4-5H2,(H,24,26). The van der Waals surface area contributed by atoms with E-state index in [1.807, 2.05) is 67.6 Å². The Morgan fingerprint density at radius 3 is 1.66 bits per heavy atom. The van der Waals surface area contributed by atoms with Crippen molar-refractivity contribution in [2.45, 2.75) is 65.6 Å². The summed E-state index contributed by atoms with van der Waals surface area (Å²) >= 11 is 6.15. The van der Waals surface area contributed by atoms with Gasteiger partial charge in [-0.2, -0.15) is 15.8 Å². The SMILES string of the molecule is Cc1c2n(c3c(-c4ccc(C(C)(C)C)cc4)cc(C#N)cc13)CCNC2=O.N#Cc1cc(-c2ccc(F)c(F)c2F)c2c(c1)cc1n2CCCNC1=O.N#Cc1cc(-c2cccc(Cl)c2)c2c(c1)cc1n2CCCNC1=O. The lowest BCUT2D eigenvalue weighted by atomic mass is 9.86. The summed E-state index contributed by atoms with van der Waals surface area (Å²) in [5.74, 6) is -4.56. The Bertz CT molecular complexity index is 4070. The zero-order valence-electron chi connectivity index (χ0n) is 42.5. The third-order valence-electron chi connectivity index (χ3n) is 14.3. The van der Waals surface area contributed by atoms with Gasteiger partial charge in [0.2, 0.25) is 0 Å². The topological polar surface area (TPSA) is 173 Å². The number of nitrogens with one attached hydrogen (secondary N) is 3. The molecule has 0 saturated heterocycles. The van der Waals surface area contributed by atoms with Crippen LogP contribution in [0, 0.1) is 58.4 Å². The van der Waals surface area contributed by atoms with Crippen molar-refractivity contribution in [2.24, 2.45) is 0 Å². The summed E-state index contributed by atoms with van der Waals surface area (Å²) in [7, 11) is 0. The average Bonchev–Trinajstić information content (AvgIpc) is 4.00. The molecule has 0 radical (unpaired) electrons. The summed E-state index contributed by atoms with van der Waals surface area (Å²) in [4.78, 5) is 37.0. The van der Waals surface area contributed by atoms with Crippen molar-refractivity contribution in [1.29, 1.82) is 15.8 Å². The molecule has 3 N–H and O–H groups in total. The van der Waals surface area contributed by atoms with E-state index in [2.05, 4.69) is 82.3 Å². The van der Waals surface area contributed by atoms with E-state index in [1.54, 1.807) is 16.7 Å². The van der Waals surface area contributed by atoms with Crippen molar-refractivity contribution in [1.82, 2.24) is 29.7 Å². The number of aromatic nitrogens is 3. The fourth-order valence-corrected chi connectivity index (χ4v) is 10.8. The van der Waals surface area contributed by atoms with Crippen LogP contribution >= 0.6 is 11.6 Å². The summed E-state index contributed by atoms with van der Waals surface area (Å²) in [5, 5.41) is 39.9. The third-order valence-corrected chi connectivity index (χ3v) is 14.5. The van der Waals surface area contributed by atoms with Gasteiger partial charge >= 0.3 is 0 Å². The van der Waals surface area contributed by atoms with E-state index in [9.17, 15) is 43.3 Å². The highest BCUT2D eigenvalue weighted by atomic mass is 35.5. The Labute approximate surface area is 446 Å². The Balaban J connectivity index is 0.000000131. The molecule has 384 valence electrons. The molecule has 0 saturated carbocycles. The summed E-state index contributed by atoms with van der Waals surface area (Å²) in [5.41, 5.74) is 12.0. The number of hydrogen-bond donors (Lipinski definition) is 3. The number of benzene rings is 6. The van der Waals surface area contributed by atoms with Crippen LogP contribution in [0.15, 0.2) is 109 Å². The van der Waals surface area contributed by atoms with Crippen LogP contribution in [-0.4, -0.2) is 51.1 Å². The highest BCUT2D eigenvalue weighted by Gasteiger charge is 2.28. The Morgan fingerprint density at radius 2 is 1.09 bits per heavy atom.